The van der Waals surface area contributed by atoms with Crippen molar-refractivity contribution in [2.24, 2.45) is 5.73 Å². The maximum Gasteiger partial charge on any atom is 0.317 e. The molecule has 1 aliphatic rings. The highest BCUT2D eigenvalue weighted by atomic mass is 32.1. The van der Waals surface area contributed by atoms with Gasteiger partial charge in [0.05, 0.1) is 5.56 Å². The molecule has 1 fully saturated rings. The van der Waals surface area contributed by atoms with Gasteiger partial charge in [-0.3, -0.25) is 15.0 Å². The number of rotatable bonds is 4. The molecule has 1 aromatic carbocycles. The summed E-state index contributed by atoms with van der Waals surface area (Å²) in [7, 11) is 0. The van der Waals surface area contributed by atoms with Gasteiger partial charge in [-0.15, -0.1) is 11.3 Å². The van der Waals surface area contributed by atoms with Gasteiger partial charge in [0.25, 0.3) is 5.91 Å². The summed E-state index contributed by atoms with van der Waals surface area (Å²) in [5, 5.41) is 6.28. The van der Waals surface area contributed by atoms with Crippen LogP contribution in [0.5, 0.6) is 0 Å². The maximum atomic E-state index is 13.1. The van der Waals surface area contributed by atoms with Crippen molar-refractivity contribution in [1.29, 1.82) is 0 Å². The summed E-state index contributed by atoms with van der Waals surface area (Å²) in [6.45, 7) is 8.48. The van der Waals surface area contributed by atoms with Crippen LogP contribution in [0, 0.1) is 0 Å². The molecule has 1 saturated heterocycles. The van der Waals surface area contributed by atoms with Crippen LogP contribution in [-0.4, -0.2) is 41.5 Å². The SMILES string of the molecule is CC(C)(C)N1CCCC[C@H](NC(=O)c2cc(-c3ccccc3)sc2NC(N)=O)C1. The number of carbonyl (C=O) groups is 2. The molecule has 2 heterocycles. The van der Waals surface area contributed by atoms with Crippen molar-refractivity contribution in [1.82, 2.24) is 10.2 Å². The molecule has 156 valence electrons. The molecule has 29 heavy (non-hydrogen) atoms. The van der Waals surface area contributed by atoms with Crippen LogP contribution in [0.25, 0.3) is 10.4 Å². The number of nitrogens with zero attached hydrogens (tertiary/aromatic N) is 1. The predicted molar refractivity (Wildman–Crippen MR) is 119 cm³/mol. The third-order valence-electron chi connectivity index (χ3n) is 5.23. The lowest BCUT2D eigenvalue weighted by molar-refractivity contribution is 0.0895. The van der Waals surface area contributed by atoms with Gasteiger partial charge in [-0.2, -0.15) is 0 Å². The Labute approximate surface area is 176 Å². The number of hydrogen-bond donors (Lipinski definition) is 3. The van der Waals surface area contributed by atoms with Crippen molar-refractivity contribution >= 4 is 28.3 Å². The number of nitrogens with one attached hydrogen (secondary N) is 2. The van der Waals surface area contributed by atoms with E-state index in [1.54, 1.807) is 0 Å². The second kappa shape index (κ2) is 8.97. The zero-order valence-electron chi connectivity index (χ0n) is 17.3. The number of carbonyl (C=O) groups excluding carboxylic acids is 2. The van der Waals surface area contributed by atoms with Crippen LogP contribution in [0.1, 0.15) is 50.4 Å². The van der Waals surface area contributed by atoms with E-state index in [1.165, 1.54) is 11.3 Å². The molecule has 1 aliphatic heterocycles. The van der Waals surface area contributed by atoms with Crippen molar-refractivity contribution in [3.8, 4) is 10.4 Å². The van der Waals surface area contributed by atoms with Gasteiger partial charge in [-0.1, -0.05) is 36.8 Å². The highest BCUT2D eigenvalue weighted by Crippen LogP contribution is 2.35. The monoisotopic (exact) mass is 414 g/mol. The van der Waals surface area contributed by atoms with E-state index in [0.29, 0.717) is 10.6 Å². The third kappa shape index (κ3) is 5.58. The zero-order valence-corrected chi connectivity index (χ0v) is 18.1. The van der Waals surface area contributed by atoms with Gasteiger partial charge in [0.2, 0.25) is 0 Å². The van der Waals surface area contributed by atoms with Crippen LogP contribution < -0.4 is 16.4 Å². The molecule has 1 atom stereocenters. The first kappa shape index (κ1) is 21.3. The minimum absolute atomic E-state index is 0.0643. The van der Waals surface area contributed by atoms with Gasteiger partial charge in [-0.05, 0) is 51.8 Å². The second-order valence-corrected chi connectivity index (χ2v) is 9.54. The second-order valence-electron chi connectivity index (χ2n) is 8.49. The Bertz CT molecular complexity index is 857. The number of nitrogens with two attached hydrogens (primary N) is 1. The molecule has 0 aliphatic carbocycles. The lowest BCUT2D eigenvalue weighted by Gasteiger charge is -2.36. The third-order valence-corrected chi connectivity index (χ3v) is 6.33. The van der Waals surface area contributed by atoms with E-state index in [1.807, 2.05) is 36.4 Å². The molecular formula is C22H30N4O2S. The predicted octanol–water partition coefficient (Wildman–Crippen LogP) is 4.29. The maximum absolute atomic E-state index is 13.1. The fourth-order valence-corrected chi connectivity index (χ4v) is 4.71. The smallest absolute Gasteiger partial charge is 0.317 e. The van der Waals surface area contributed by atoms with Gasteiger partial charge in [0.15, 0.2) is 0 Å². The molecule has 7 heteroatoms. The number of urea groups is 1. The molecule has 0 spiro atoms. The Kier molecular flexibility index (Phi) is 6.59. The molecule has 1 aromatic heterocycles. The number of hydrogen-bond acceptors (Lipinski definition) is 4. The minimum Gasteiger partial charge on any atom is -0.351 e. The number of benzene rings is 1. The number of likely N-dealkylation sites (tertiary alicyclic amines) is 1. The van der Waals surface area contributed by atoms with Gasteiger partial charge >= 0.3 is 6.03 Å². The number of primary amides is 1. The summed E-state index contributed by atoms with van der Waals surface area (Å²) in [4.78, 5) is 27.9. The first-order chi connectivity index (χ1) is 13.7. The quantitative estimate of drug-likeness (QED) is 0.697. The van der Waals surface area contributed by atoms with Crippen molar-refractivity contribution < 1.29 is 9.59 Å². The molecule has 2 aromatic rings. The molecule has 0 bridgehead atoms. The fourth-order valence-electron chi connectivity index (χ4n) is 3.64. The van der Waals surface area contributed by atoms with E-state index >= 15 is 0 Å². The van der Waals surface area contributed by atoms with Gasteiger partial charge < -0.3 is 11.1 Å². The first-order valence-electron chi connectivity index (χ1n) is 10.1. The number of anilines is 1. The summed E-state index contributed by atoms with van der Waals surface area (Å²) in [5.41, 5.74) is 6.85. The Morgan fingerprint density at radius 3 is 2.55 bits per heavy atom. The van der Waals surface area contributed by atoms with E-state index in [0.717, 1.165) is 42.8 Å². The molecule has 0 unspecified atom stereocenters. The van der Waals surface area contributed by atoms with Crippen LogP contribution in [0.4, 0.5) is 9.80 Å². The standard InChI is InChI=1S/C22H30N4O2S/c1-22(2,3)26-12-8-7-11-16(14-26)24-19(27)17-13-18(15-9-5-4-6-10-15)29-20(17)25-21(23)28/h4-6,9-10,13,16H,7-8,11-12,14H2,1-3H3,(H,24,27)(H3,23,25,28)/t16-/m0/s1. The van der Waals surface area contributed by atoms with Crippen LogP contribution in [-0.2, 0) is 0 Å². The summed E-state index contributed by atoms with van der Waals surface area (Å²) in [6, 6.07) is 11.0. The minimum atomic E-state index is -0.672. The number of thiophene rings is 1. The highest BCUT2D eigenvalue weighted by Gasteiger charge is 2.28. The summed E-state index contributed by atoms with van der Waals surface area (Å²) in [6.07, 6.45) is 3.17. The molecule has 0 saturated carbocycles. The van der Waals surface area contributed by atoms with Crippen LogP contribution in [0.3, 0.4) is 0 Å². The van der Waals surface area contributed by atoms with Gasteiger partial charge in [0, 0.05) is 23.0 Å². The largest absolute Gasteiger partial charge is 0.351 e. The molecule has 4 N–H and O–H groups in total. The van der Waals surface area contributed by atoms with Crippen LogP contribution in [0.2, 0.25) is 0 Å². The van der Waals surface area contributed by atoms with Gasteiger partial charge in [-0.25, -0.2) is 4.79 Å². The van der Waals surface area contributed by atoms with Gasteiger partial charge in [0.1, 0.15) is 5.00 Å². The van der Waals surface area contributed by atoms with E-state index < -0.39 is 6.03 Å². The Morgan fingerprint density at radius 2 is 1.90 bits per heavy atom. The first-order valence-corrected chi connectivity index (χ1v) is 10.9. The summed E-state index contributed by atoms with van der Waals surface area (Å²) >= 11 is 1.36. The normalized spacial score (nSPS) is 18.1. The summed E-state index contributed by atoms with van der Waals surface area (Å²) in [5.74, 6) is -0.173. The number of amides is 3. The van der Waals surface area contributed by atoms with Crippen LogP contribution in [0.15, 0.2) is 36.4 Å². The van der Waals surface area contributed by atoms with E-state index in [2.05, 4.69) is 36.3 Å². The van der Waals surface area contributed by atoms with Crippen molar-refractivity contribution in [3.63, 3.8) is 0 Å². The molecule has 3 rings (SSSR count). The molecule has 0 radical (unpaired) electrons. The van der Waals surface area contributed by atoms with E-state index in [9.17, 15) is 9.59 Å². The van der Waals surface area contributed by atoms with E-state index in [4.69, 9.17) is 5.73 Å². The lowest BCUT2D eigenvalue weighted by atomic mass is 10.0. The lowest BCUT2D eigenvalue weighted by Crippen LogP contribution is -2.49. The average molecular weight is 415 g/mol. The zero-order chi connectivity index (χ0) is 21.0. The van der Waals surface area contributed by atoms with Crippen molar-refractivity contribution in [3.05, 3.63) is 42.0 Å². The van der Waals surface area contributed by atoms with E-state index in [-0.39, 0.29) is 17.5 Å². The highest BCUT2D eigenvalue weighted by molar-refractivity contribution is 7.20. The topological polar surface area (TPSA) is 87.5 Å². The Balaban J connectivity index is 1.82. The summed E-state index contributed by atoms with van der Waals surface area (Å²) < 4.78 is 0. The van der Waals surface area contributed by atoms with Crippen LogP contribution >= 0.6 is 11.3 Å². The molecular weight excluding hydrogens is 384 g/mol. The molecule has 3 amide bonds. The Morgan fingerprint density at radius 1 is 1.17 bits per heavy atom. The van der Waals surface area contributed by atoms with Crippen molar-refractivity contribution in [2.75, 3.05) is 18.4 Å². The fraction of sp³-hybridized carbons (Fsp3) is 0.455. The van der Waals surface area contributed by atoms with Crippen molar-refractivity contribution in [2.45, 2.75) is 51.6 Å². The molecule has 6 nitrogen and oxygen atoms in total. The Hall–Kier alpha value is -2.38. The average Bonchev–Trinajstić information content (AvgIpc) is 2.91.